The van der Waals surface area contributed by atoms with Crippen molar-refractivity contribution in [3.8, 4) is 28.5 Å². The summed E-state index contributed by atoms with van der Waals surface area (Å²) in [6.07, 6.45) is 7.58. The van der Waals surface area contributed by atoms with Gasteiger partial charge in [0.1, 0.15) is 11.6 Å². The minimum absolute atomic E-state index is 0.0617. The Kier molecular flexibility index (Phi) is 5.71. The van der Waals surface area contributed by atoms with E-state index >= 15 is 0 Å². The molecule has 1 unspecified atom stereocenters. The molecule has 8 heteroatoms. The highest BCUT2D eigenvalue weighted by Gasteiger charge is 2.30. The van der Waals surface area contributed by atoms with Crippen LogP contribution in [0.4, 0.5) is 4.39 Å². The molecule has 34 heavy (non-hydrogen) atoms. The first-order chi connectivity index (χ1) is 16.6. The van der Waals surface area contributed by atoms with Crippen molar-refractivity contribution >= 4 is 11.4 Å². The highest BCUT2D eigenvalue weighted by molar-refractivity contribution is 5.87. The van der Waals surface area contributed by atoms with E-state index < -0.39 is 5.82 Å². The van der Waals surface area contributed by atoms with Crippen molar-refractivity contribution in [1.82, 2.24) is 19.3 Å². The minimum atomic E-state index is -0.551. The van der Waals surface area contributed by atoms with E-state index in [2.05, 4.69) is 11.6 Å². The van der Waals surface area contributed by atoms with Crippen molar-refractivity contribution in [2.75, 3.05) is 20.2 Å². The van der Waals surface area contributed by atoms with Crippen molar-refractivity contribution in [2.24, 2.45) is 0 Å². The number of carbonyl (C=O) groups excluding carboxylic acids is 1. The lowest BCUT2D eigenvalue weighted by Crippen LogP contribution is -2.26. The van der Waals surface area contributed by atoms with E-state index in [1.54, 1.807) is 41.6 Å². The molecule has 4 aromatic rings. The van der Waals surface area contributed by atoms with Crippen molar-refractivity contribution in [3.05, 3.63) is 85.4 Å². The molecule has 0 aliphatic carbocycles. The normalized spacial score (nSPS) is 15.5. The third-order valence-electron chi connectivity index (χ3n) is 6.02. The van der Waals surface area contributed by atoms with E-state index in [0.29, 0.717) is 18.8 Å². The molecule has 0 spiro atoms. The van der Waals surface area contributed by atoms with Gasteiger partial charge < -0.3 is 14.4 Å². The number of aromatic nitrogens is 3. The maximum atomic E-state index is 14.4. The summed E-state index contributed by atoms with van der Waals surface area (Å²) in [4.78, 5) is 23.1. The van der Waals surface area contributed by atoms with Crippen LogP contribution in [-0.2, 0) is 4.79 Å². The Morgan fingerprint density at radius 2 is 2.00 bits per heavy atom. The van der Waals surface area contributed by atoms with Crippen molar-refractivity contribution in [1.29, 1.82) is 0 Å². The lowest BCUT2D eigenvalue weighted by Gasteiger charge is -2.13. The number of hydrogen-bond acceptors (Lipinski definition) is 5. The zero-order chi connectivity index (χ0) is 23.7. The second-order valence-corrected chi connectivity index (χ2v) is 8.02. The van der Waals surface area contributed by atoms with Crippen LogP contribution in [0.2, 0.25) is 0 Å². The number of imidazole rings is 1. The number of ether oxygens (including phenoxy) is 2. The van der Waals surface area contributed by atoms with Gasteiger partial charge in [0.05, 0.1) is 24.5 Å². The largest absolute Gasteiger partial charge is 0.494 e. The molecule has 1 atom stereocenters. The Morgan fingerprint density at radius 3 is 2.76 bits per heavy atom. The molecule has 0 N–H and O–H groups in total. The van der Waals surface area contributed by atoms with Crippen LogP contribution in [0.3, 0.4) is 0 Å². The van der Waals surface area contributed by atoms with Crippen LogP contribution in [-0.4, -0.2) is 45.4 Å². The Hall–Kier alpha value is -4.20. The molecule has 0 radical (unpaired) electrons. The van der Waals surface area contributed by atoms with Gasteiger partial charge in [-0.05, 0) is 48.9 Å². The standard InChI is InChI=1S/C26H23FN4O3/c1-3-23(32)30-13-11-18(16-30)26-29-25(20-15-28-12-14-31(20)26)17-7-9-19(10-8-17)34-22-6-4-5-21(33-2)24(22)27/h3-10,12,14-15,18H,1,11,13,16H2,2H3. The van der Waals surface area contributed by atoms with E-state index in [1.807, 2.05) is 22.7 Å². The van der Waals surface area contributed by atoms with Crippen molar-refractivity contribution < 1.29 is 18.7 Å². The average Bonchev–Trinajstić information content (AvgIpc) is 3.51. The van der Waals surface area contributed by atoms with Crippen LogP contribution < -0.4 is 9.47 Å². The summed E-state index contributed by atoms with van der Waals surface area (Å²) in [5.41, 5.74) is 2.54. The van der Waals surface area contributed by atoms with E-state index in [0.717, 1.165) is 29.0 Å². The zero-order valence-electron chi connectivity index (χ0n) is 18.6. The number of fused-ring (bicyclic) bond motifs is 1. The molecular formula is C26H23FN4O3. The van der Waals surface area contributed by atoms with Crippen LogP contribution in [0.5, 0.6) is 17.2 Å². The fourth-order valence-electron chi connectivity index (χ4n) is 4.30. The highest BCUT2D eigenvalue weighted by Crippen LogP contribution is 2.34. The average molecular weight is 458 g/mol. The number of carbonyl (C=O) groups is 1. The van der Waals surface area contributed by atoms with Crippen LogP contribution in [0.15, 0.2) is 73.7 Å². The number of rotatable bonds is 6. The van der Waals surface area contributed by atoms with Gasteiger partial charge in [-0.2, -0.15) is 4.39 Å². The topological polar surface area (TPSA) is 69.0 Å². The first-order valence-corrected chi connectivity index (χ1v) is 10.9. The fraction of sp³-hybridized carbons (Fsp3) is 0.192. The van der Waals surface area contributed by atoms with E-state index in [4.69, 9.17) is 14.5 Å². The molecule has 5 rings (SSSR count). The summed E-state index contributed by atoms with van der Waals surface area (Å²) in [5, 5.41) is 0. The van der Waals surface area contributed by atoms with Crippen LogP contribution in [0.1, 0.15) is 18.2 Å². The molecule has 1 saturated heterocycles. The predicted molar refractivity (Wildman–Crippen MR) is 126 cm³/mol. The van der Waals surface area contributed by atoms with Gasteiger partial charge in [-0.3, -0.25) is 14.2 Å². The third kappa shape index (κ3) is 3.87. The maximum absolute atomic E-state index is 14.4. The number of hydrogen-bond donors (Lipinski definition) is 0. The molecular weight excluding hydrogens is 435 g/mol. The fourth-order valence-corrected chi connectivity index (χ4v) is 4.30. The zero-order valence-corrected chi connectivity index (χ0v) is 18.6. The molecule has 172 valence electrons. The summed E-state index contributed by atoms with van der Waals surface area (Å²) < 4.78 is 27.2. The number of methoxy groups -OCH3 is 1. The van der Waals surface area contributed by atoms with E-state index in [9.17, 15) is 9.18 Å². The van der Waals surface area contributed by atoms with Gasteiger partial charge in [0, 0.05) is 37.0 Å². The predicted octanol–water partition coefficient (Wildman–Crippen LogP) is 4.84. The lowest BCUT2D eigenvalue weighted by molar-refractivity contribution is -0.125. The first-order valence-electron chi connectivity index (χ1n) is 10.9. The van der Waals surface area contributed by atoms with Crippen molar-refractivity contribution in [2.45, 2.75) is 12.3 Å². The molecule has 0 bridgehead atoms. The Bertz CT molecular complexity index is 1370. The van der Waals surface area contributed by atoms with Crippen LogP contribution in [0, 0.1) is 5.82 Å². The van der Waals surface area contributed by atoms with Crippen molar-refractivity contribution in [3.63, 3.8) is 0 Å². The number of likely N-dealkylation sites (tertiary alicyclic amines) is 1. The molecule has 1 aliphatic heterocycles. The second kappa shape index (κ2) is 8.97. The quantitative estimate of drug-likeness (QED) is 0.387. The van der Waals surface area contributed by atoms with Gasteiger partial charge in [-0.25, -0.2) is 4.98 Å². The summed E-state index contributed by atoms with van der Waals surface area (Å²) in [6, 6.07) is 12.1. The summed E-state index contributed by atoms with van der Waals surface area (Å²) >= 11 is 0. The molecule has 2 aromatic heterocycles. The Balaban J connectivity index is 1.44. The summed E-state index contributed by atoms with van der Waals surface area (Å²) in [7, 11) is 1.41. The monoisotopic (exact) mass is 458 g/mol. The highest BCUT2D eigenvalue weighted by atomic mass is 19.1. The maximum Gasteiger partial charge on any atom is 0.245 e. The van der Waals surface area contributed by atoms with Gasteiger partial charge in [-0.1, -0.05) is 12.6 Å². The summed E-state index contributed by atoms with van der Waals surface area (Å²) in [6.45, 7) is 4.87. The molecule has 1 fully saturated rings. The molecule has 1 amide bonds. The first kappa shape index (κ1) is 21.6. The van der Waals surface area contributed by atoms with E-state index in [-0.39, 0.29) is 23.3 Å². The third-order valence-corrected chi connectivity index (χ3v) is 6.02. The Morgan fingerprint density at radius 1 is 1.21 bits per heavy atom. The minimum Gasteiger partial charge on any atom is -0.494 e. The number of nitrogens with zero attached hydrogens (tertiary/aromatic N) is 4. The van der Waals surface area contributed by atoms with Gasteiger partial charge >= 0.3 is 0 Å². The second-order valence-electron chi connectivity index (χ2n) is 8.02. The molecule has 1 aliphatic rings. The van der Waals surface area contributed by atoms with Crippen LogP contribution in [0.25, 0.3) is 16.8 Å². The lowest BCUT2D eigenvalue weighted by atomic mass is 10.1. The van der Waals surface area contributed by atoms with Gasteiger partial charge in [0.15, 0.2) is 11.5 Å². The molecule has 2 aromatic carbocycles. The molecule has 7 nitrogen and oxygen atoms in total. The van der Waals surface area contributed by atoms with Crippen LogP contribution >= 0.6 is 0 Å². The Labute approximate surface area is 196 Å². The number of halogens is 1. The number of amides is 1. The summed E-state index contributed by atoms with van der Waals surface area (Å²) in [5.74, 6) is 1.10. The molecule has 3 heterocycles. The van der Waals surface area contributed by atoms with Gasteiger partial charge in [0.25, 0.3) is 0 Å². The smallest absolute Gasteiger partial charge is 0.245 e. The van der Waals surface area contributed by atoms with Gasteiger partial charge in [0.2, 0.25) is 11.7 Å². The molecule has 0 saturated carbocycles. The SMILES string of the molecule is C=CC(=O)N1CCC(c2nc(-c3ccc(Oc4cccc(OC)c4F)cc3)c3cnccn23)C1. The van der Waals surface area contributed by atoms with E-state index in [1.165, 1.54) is 19.3 Å². The number of benzene rings is 2. The van der Waals surface area contributed by atoms with Gasteiger partial charge in [-0.15, -0.1) is 0 Å².